The summed E-state index contributed by atoms with van der Waals surface area (Å²) in [4.78, 5) is 0. The van der Waals surface area contributed by atoms with Crippen molar-refractivity contribution in [1.29, 1.82) is 0 Å². The Morgan fingerprint density at radius 3 is 1.65 bits per heavy atom. The number of aromatic nitrogens is 4. The van der Waals surface area contributed by atoms with E-state index in [-0.39, 0.29) is 11.8 Å². The van der Waals surface area contributed by atoms with E-state index in [1.165, 1.54) is 0 Å². The van der Waals surface area contributed by atoms with Gasteiger partial charge < -0.3 is 10.2 Å². The van der Waals surface area contributed by atoms with E-state index in [1.807, 2.05) is 12.1 Å². The number of rotatable bonds is 2. The van der Waals surface area contributed by atoms with Gasteiger partial charge in [-0.3, -0.25) is 0 Å². The molecule has 2 N–H and O–H groups in total. The molecule has 6 heteroatoms. The van der Waals surface area contributed by atoms with Crippen LogP contribution >= 0.6 is 0 Å². The molecule has 1 fully saturated rings. The normalized spacial score (nSPS) is 22.6. The molecule has 0 aromatic carbocycles. The molecule has 104 valence electrons. The van der Waals surface area contributed by atoms with Crippen molar-refractivity contribution in [3.63, 3.8) is 0 Å². The summed E-state index contributed by atoms with van der Waals surface area (Å²) in [6.45, 7) is 0. The van der Waals surface area contributed by atoms with Crippen molar-refractivity contribution in [3.05, 3.63) is 35.7 Å². The number of hydrogen-bond acceptors (Lipinski definition) is 6. The third-order valence-corrected chi connectivity index (χ3v) is 3.85. The smallest absolute Gasteiger partial charge is 0.230 e. The van der Waals surface area contributed by atoms with E-state index in [4.69, 9.17) is 0 Å². The molecule has 2 aromatic rings. The summed E-state index contributed by atoms with van der Waals surface area (Å²) in [5.74, 6) is 0.561. The van der Waals surface area contributed by atoms with Crippen LogP contribution in [0.4, 0.5) is 0 Å². The zero-order valence-electron chi connectivity index (χ0n) is 11.0. The average molecular weight is 272 g/mol. The average Bonchev–Trinajstić information content (AvgIpc) is 2.49. The van der Waals surface area contributed by atoms with Gasteiger partial charge in [0, 0.05) is 24.0 Å². The monoisotopic (exact) mass is 272 g/mol. The van der Waals surface area contributed by atoms with E-state index < -0.39 is 0 Å². The fourth-order valence-electron chi connectivity index (χ4n) is 2.83. The van der Waals surface area contributed by atoms with Gasteiger partial charge in [0.25, 0.3) is 0 Å². The third kappa shape index (κ3) is 2.68. The van der Waals surface area contributed by atoms with Gasteiger partial charge in [0.1, 0.15) is 0 Å². The first kappa shape index (κ1) is 12.8. The molecule has 0 spiro atoms. The zero-order chi connectivity index (χ0) is 13.9. The Balaban J connectivity index is 1.76. The minimum absolute atomic E-state index is 0.0505. The lowest BCUT2D eigenvalue weighted by molar-refractivity contribution is 0.373. The molecule has 0 saturated heterocycles. The summed E-state index contributed by atoms with van der Waals surface area (Å²) in [5.41, 5.74) is 1.83. The minimum atomic E-state index is -0.0505. The molecule has 2 aromatic heterocycles. The summed E-state index contributed by atoms with van der Waals surface area (Å²) in [6.07, 6.45) is 4.18. The number of aromatic hydroxyl groups is 2. The summed E-state index contributed by atoms with van der Waals surface area (Å²) >= 11 is 0. The van der Waals surface area contributed by atoms with Crippen molar-refractivity contribution in [1.82, 2.24) is 20.4 Å². The Hall–Kier alpha value is -2.24. The van der Waals surface area contributed by atoms with Crippen LogP contribution in [0, 0.1) is 0 Å². The van der Waals surface area contributed by atoms with E-state index in [0.29, 0.717) is 11.8 Å². The van der Waals surface area contributed by atoms with Gasteiger partial charge in [-0.1, -0.05) is 6.42 Å². The Labute approximate surface area is 116 Å². The van der Waals surface area contributed by atoms with E-state index in [9.17, 15) is 10.2 Å². The molecule has 2 atom stereocenters. The van der Waals surface area contributed by atoms with Gasteiger partial charge in [-0.2, -0.15) is 10.2 Å². The fraction of sp³-hybridized carbons (Fsp3) is 0.429. The first-order valence-electron chi connectivity index (χ1n) is 6.77. The molecule has 1 aliphatic rings. The van der Waals surface area contributed by atoms with Crippen LogP contribution in [0.2, 0.25) is 0 Å². The van der Waals surface area contributed by atoms with E-state index in [0.717, 1.165) is 37.1 Å². The van der Waals surface area contributed by atoms with Gasteiger partial charge in [-0.05, 0) is 31.4 Å². The van der Waals surface area contributed by atoms with E-state index in [1.54, 1.807) is 12.1 Å². The van der Waals surface area contributed by atoms with Crippen LogP contribution in [0.25, 0.3) is 0 Å². The maximum absolute atomic E-state index is 9.20. The summed E-state index contributed by atoms with van der Waals surface area (Å²) in [6, 6.07) is 6.81. The summed E-state index contributed by atoms with van der Waals surface area (Å²) in [5, 5.41) is 33.9. The molecule has 1 saturated carbocycles. The lowest BCUT2D eigenvalue weighted by Crippen LogP contribution is -2.15. The molecular formula is C14H16N4O2. The van der Waals surface area contributed by atoms with Gasteiger partial charge in [-0.25, -0.2) is 0 Å². The van der Waals surface area contributed by atoms with Crippen molar-refractivity contribution in [3.8, 4) is 11.8 Å². The van der Waals surface area contributed by atoms with Crippen LogP contribution in [0.15, 0.2) is 24.3 Å². The first-order chi connectivity index (χ1) is 9.72. The summed E-state index contributed by atoms with van der Waals surface area (Å²) < 4.78 is 0. The van der Waals surface area contributed by atoms with Crippen LogP contribution < -0.4 is 0 Å². The molecule has 0 unspecified atom stereocenters. The second-order valence-electron chi connectivity index (χ2n) is 5.19. The van der Waals surface area contributed by atoms with Crippen molar-refractivity contribution in [2.75, 3.05) is 0 Å². The molecule has 2 heterocycles. The second kappa shape index (κ2) is 5.40. The quantitative estimate of drug-likeness (QED) is 0.870. The highest BCUT2D eigenvalue weighted by Gasteiger charge is 2.26. The lowest BCUT2D eigenvalue weighted by Gasteiger charge is -2.27. The molecule has 6 nitrogen and oxygen atoms in total. The zero-order valence-corrected chi connectivity index (χ0v) is 11.0. The highest BCUT2D eigenvalue weighted by atomic mass is 16.3. The minimum Gasteiger partial charge on any atom is -0.492 e. The molecule has 0 amide bonds. The van der Waals surface area contributed by atoms with Crippen LogP contribution in [0.1, 0.15) is 48.9 Å². The van der Waals surface area contributed by atoms with Crippen LogP contribution in [-0.2, 0) is 0 Å². The van der Waals surface area contributed by atoms with Gasteiger partial charge in [0.2, 0.25) is 11.8 Å². The predicted molar refractivity (Wildman–Crippen MR) is 71.3 cm³/mol. The SMILES string of the molecule is Oc1ccc([C@@H]2CCC[C@H](c3ccc(O)nn3)C2)nn1. The Morgan fingerprint density at radius 1 is 0.750 bits per heavy atom. The van der Waals surface area contributed by atoms with Gasteiger partial charge in [-0.15, -0.1) is 10.2 Å². The molecule has 0 aliphatic heterocycles. The van der Waals surface area contributed by atoms with Gasteiger partial charge >= 0.3 is 0 Å². The van der Waals surface area contributed by atoms with E-state index >= 15 is 0 Å². The van der Waals surface area contributed by atoms with Gasteiger partial charge in [0.15, 0.2) is 0 Å². The van der Waals surface area contributed by atoms with Crippen molar-refractivity contribution >= 4 is 0 Å². The Morgan fingerprint density at radius 2 is 1.25 bits per heavy atom. The van der Waals surface area contributed by atoms with Crippen molar-refractivity contribution in [2.45, 2.75) is 37.5 Å². The van der Waals surface area contributed by atoms with Gasteiger partial charge in [0.05, 0.1) is 11.4 Å². The van der Waals surface area contributed by atoms with Crippen LogP contribution in [-0.4, -0.2) is 30.6 Å². The lowest BCUT2D eigenvalue weighted by atomic mass is 9.78. The highest BCUT2D eigenvalue weighted by Crippen LogP contribution is 2.39. The second-order valence-corrected chi connectivity index (χ2v) is 5.19. The largest absolute Gasteiger partial charge is 0.492 e. The standard InChI is InChI=1S/C14H16N4O2/c19-13-6-4-11(15-17-13)9-2-1-3-10(8-9)12-5-7-14(20)18-16-12/h4-7,9-10H,1-3,8H2,(H,17,19)(H,18,20)/t9-,10+. The van der Waals surface area contributed by atoms with Crippen molar-refractivity contribution < 1.29 is 10.2 Å². The predicted octanol–water partition coefficient (Wildman–Crippen LogP) is 2.12. The fourth-order valence-corrected chi connectivity index (χ4v) is 2.83. The van der Waals surface area contributed by atoms with Crippen LogP contribution in [0.3, 0.4) is 0 Å². The topological polar surface area (TPSA) is 92.0 Å². The highest BCUT2D eigenvalue weighted by molar-refractivity contribution is 5.18. The molecular weight excluding hydrogens is 256 g/mol. The Kier molecular flexibility index (Phi) is 3.45. The molecule has 1 aliphatic carbocycles. The Bertz CT molecular complexity index is 519. The van der Waals surface area contributed by atoms with Crippen LogP contribution in [0.5, 0.6) is 11.8 Å². The maximum Gasteiger partial charge on any atom is 0.230 e. The van der Waals surface area contributed by atoms with Crippen molar-refractivity contribution in [2.24, 2.45) is 0 Å². The summed E-state index contributed by atoms with van der Waals surface area (Å²) in [7, 11) is 0. The molecule has 0 bridgehead atoms. The van der Waals surface area contributed by atoms with E-state index in [2.05, 4.69) is 20.4 Å². The first-order valence-corrected chi connectivity index (χ1v) is 6.77. The maximum atomic E-state index is 9.20. The number of hydrogen-bond donors (Lipinski definition) is 2. The third-order valence-electron chi connectivity index (χ3n) is 3.85. The molecule has 3 rings (SSSR count). The molecule has 0 radical (unpaired) electrons. The molecule has 20 heavy (non-hydrogen) atoms. The number of nitrogens with zero attached hydrogens (tertiary/aromatic N) is 4.